The Morgan fingerprint density at radius 1 is 1.08 bits per heavy atom. The van der Waals surface area contributed by atoms with Crippen molar-refractivity contribution in [3.63, 3.8) is 0 Å². The summed E-state index contributed by atoms with van der Waals surface area (Å²) in [7, 11) is -2.54. The molecule has 0 saturated carbocycles. The first-order chi connectivity index (χ1) is 11.3. The van der Waals surface area contributed by atoms with E-state index in [4.69, 9.17) is 11.6 Å². The Labute approximate surface area is 144 Å². The van der Waals surface area contributed by atoms with Gasteiger partial charge in [-0.2, -0.15) is 0 Å². The maximum absolute atomic E-state index is 12.4. The lowest BCUT2D eigenvalue weighted by atomic mass is 10.1. The largest absolute Gasteiger partial charge is 0.321 e. The zero-order chi connectivity index (χ0) is 17.9. The first-order valence-corrected chi connectivity index (χ1v) is 8.77. The molecule has 6 nitrogen and oxygen atoms in total. The van der Waals surface area contributed by atoms with Gasteiger partial charge in [-0.25, -0.2) is 13.1 Å². The Balaban J connectivity index is 2.39. The van der Waals surface area contributed by atoms with Crippen molar-refractivity contribution >= 4 is 39.0 Å². The second-order valence-corrected chi connectivity index (χ2v) is 7.17. The fourth-order valence-corrected chi connectivity index (χ4v) is 3.30. The average Bonchev–Trinajstić information content (AvgIpc) is 2.55. The standard InChI is InChI=1S/C16H15ClN2O4S/c1-10(20)12-5-3-4-6-14(12)19-16(21)11-7-8-13(17)15(9-11)24(22,23)18-2/h3-9,18H,1-2H3,(H,19,21). The van der Waals surface area contributed by atoms with Crippen molar-refractivity contribution in [2.75, 3.05) is 12.4 Å². The van der Waals surface area contributed by atoms with Gasteiger partial charge in [0.2, 0.25) is 10.0 Å². The monoisotopic (exact) mass is 366 g/mol. The number of carbonyl (C=O) groups excluding carboxylic acids is 2. The van der Waals surface area contributed by atoms with Gasteiger partial charge in [0, 0.05) is 11.1 Å². The first kappa shape index (κ1) is 18.1. The van der Waals surface area contributed by atoms with E-state index in [1.807, 2.05) is 0 Å². The van der Waals surface area contributed by atoms with Crippen molar-refractivity contribution in [3.8, 4) is 0 Å². The van der Waals surface area contributed by atoms with Crippen molar-refractivity contribution in [1.29, 1.82) is 0 Å². The number of Topliss-reactive ketones (excluding diaryl/α,β-unsaturated/α-hetero) is 1. The molecule has 0 heterocycles. The number of amides is 1. The SMILES string of the molecule is CNS(=O)(=O)c1cc(C(=O)Nc2ccccc2C(C)=O)ccc1Cl. The van der Waals surface area contributed by atoms with Crippen molar-refractivity contribution in [2.24, 2.45) is 0 Å². The molecule has 24 heavy (non-hydrogen) atoms. The number of rotatable bonds is 5. The normalized spacial score (nSPS) is 11.1. The Morgan fingerprint density at radius 2 is 1.75 bits per heavy atom. The van der Waals surface area contributed by atoms with Crippen LogP contribution in [0.5, 0.6) is 0 Å². The minimum Gasteiger partial charge on any atom is -0.321 e. The summed E-state index contributed by atoms with van der Waals surface area (Å²) in [5, 5.41) is 2.61. The van der Waals surface area contributed by atoms with Crippen LogP contribution in [-0.2, 0) is 10.0 Å². The van der Waals surface area contributed by atoms with Crippen molar-refractivity contribution < 1.29 is 18.0 Å². The van der Waals surface area contributed by atoms with Gasteiger partial charge in [0.1, 0.15) is 4.90 Å². The smallest absolute Gasteiger partial charge is 0.255 e. The molecular weight excluding hydrogens is 352 g/mol. The van der Waals surface area contributed by atoms with Gasteiger partial charge in [-0.1, -0.05) is 23.7 Å². The number of sulfonamides is 1. The zero-order valence-electron chi connectivity index (χ0n) is 13.0. The first-order valence-electron chi connectivity index (χ1n) is 6.90. The van der Waals surface area contributed by atoms with E-state index >= 15 is 0 Å². The highest BCUT2D eigenvalue weighted by Crippen LogP contribution is 2.23. The summed E-state index contributed by atoms with van der Waals surface area (Å²) in [6, 6.07) is 10.5. The summed E-state index contributed by atoms with van der Waals surface area (Å²) in [6.45, 7) is 1.39. The Kier molecular flexibility index (Phi) is 5.38. The molecule has 2 N–H and O–H groups in total. The summed E-state index contributed by atoms with van der Waals surface area (Å²) in [4.78, 5) is 23.8. The molecule has 0 saturated heterocycles. The number of halogens is 1. The van der Waals surface area contributed by atoms with Crippen LogP contribution in [0.4, 0.5) is 5.69 Å². The van der Waals surface area contributed by atoms with E-state index in [2.05, 4.69) is 10.0 Å². The molecule has 2 aromatic rings. The third-order valence-corrected chi connectivity index (χ3v) is 5.20. The summed E-state index contributed by atoms with van der Waals surface area (Å²) in [5.74, 6) is -0.742. The molecule has 0 unspecified atom stereocenters. The second kappa shape index (κ2) is 7.12. The van der Waals surface area contributed by atoms with E-state index in [-0.39, 0.29) is 21.3 Å². The van der Waals surface area contributed by atoms with Crippen LogP contribution in [-0.4, -0.2) is 27.2 Å². The maximum atomic E-state index is 12.4. The van der Waals surface area contributed by atoms with Gasteiger partial charge in [-0.3, -0.25) is 9.59 Å². The minimum absolute atomic E-state index is 0.00466. The Bertz CT molecular complexity index is 910. The molecule has 0 aliphatic rings. The number of hydrogen-bond donors (Lipinski definition) is 2. The molecule has 0 spiro atoms. The lowest BCUT2D eigenvalue weighted by Gasteiger charge is -2.11. The van der Waals surface area contributed by atoms with Crippen molar-refractivity contribution in [1.82, 2.24) is 4.72 Å². The molecule has 1 amide bonds. The predicted octanol–water partition coefficient (Wildman–Crippen LogP) is 2.70. The fourth-order valence-electron chi connectivity index (χ4n) is 2.05. The quantitative estimate of drug-likeness (QED) is 0.796. The maximum Gasteiger partial charge on any atom is 0.255 e. The van der Waals surface area contributed by atoms with Crippen LogP contribution in [0.1, 0.15) is 27.6 Å². The Hall–Kier alpha value is -2.22. The van der Waals surface area contributed by atoms with Gasteiger partial charge < -0.3 is 5.32 Å². The number of carbonyl (C=O) groups is 2. The highest BCUT2D eigenvalue weighted by Gasteiger charge is 2.19. The summed E-state index contributed by atoms with van der Waals surface area (Å²) in [5.41, 5.74) is 0.817. The minimum atomic E-state index is -3.80. The van der Waals surface area contributed by atoms with Gasteiger partial charge in [-0.15, -0.1) is 0 Å². The van der Waals surface area contributed by atoms with Crippen LogP contribution >= 0.6 is 11.6 Å². The van der Waals surface area contributed by atoms with Crippen molar-refractivity contribution in [3.05, 3.63) is 58.6 Å². The van der Waals surface area contributed by atoms with Gasteiger partial charge in [0.05, 0.1) is 10.7 Å². The van der Waals surface area contributed by atoms with E-state index in [0.717, 1.165) is 0 Å². The molecule has 0 bridgehead atoms. The molecule has 2 rings (SSSR count). The molecule has 0 radical (unpaired) electrons. The van der Waals surface area contributed by atoms with E-state index in [1.165, 1.54) is 32.2 Å². The fraction of sp³-hybridized carbons (Fsp3) is 0.125. The van der Waals surface area contributed by atoms with E-state index in [9.17, 15) is 18.0 Å². The van der Waals surface area contributed by atoms with Gasteiger partial charge in [0.15, 0.2) is 5.78 Å². The molecule has 8 heteroatoms. The van der Waals surface area contributed by atoms with Crippen LogP contribution in [0, 0.1) is 0 Å². The molecule has 0 aliphatic carbocycles. The number of hydrogen-bond acceptors (Lipinski definition) is 4. The zero-order valence-corrected chi connectivity index (χ0v) is 14.5. The van der Waals surface area contributed by atoms with Crippen LogP contribution in [0.25, 0.3) is 0 Å². The van der Waals surface area contributed by atoms with Crippen molar-refractivity contribution in [2.45, 2.75) is 11.8 Å². The van der Waals surface area contributed by atoms with E-state index in [0.29, 0.717) is 11.3 Å². The van der Waals surface area contributed by atoms with Crippen LogP contribution in [0.3, 0.4) is 0 Å². The predicted molar refractivity (Wildman–Crippen MR) is 92.1 cm³/mol. The molecule has 0 aromatic heterocycles. The highest BCUT2D eigenvalue weighted by atomic mass is 35.5. The molecule has 126 valence electrons. The summed E-state index contributed by atoms with van der Waals surface area (Å²) >= 11 is 5.90. The number of nitrogens with one attached hydrogen (secondary N) is 2. The lowest BCUT2D eigenvalue weighted by Crippen LogP contribution is -2.20. The van der Waals surface area contributed by atoms with Crippen LogP contribution in [0.15, 0.2) is 47.4 Å². The van der Waals surface area contributed by atoms with E-state index in [1.54, 1.807) is 24.3 Å². The molecule has 0 aliphatic heterocycles. The molecular formula is C16H15ClN2O4S. The molecule has 2 aromatic carbocycles. The van der Waals surface area contributed by atoms with Gasteiger partial charge >= 0.3 is 0 Å². The third-order valence-electron chi connectivity index (χ3n) is 3.31. The summed E-state index contributed by atoms with van der Waals surface area (Å²) < 4.78 is 26.0. The molecule has 0 atom stereocenters. The third kappa shape index (κ3) is 3.81. The van der Waals surface area contributed by atoms with Crippen LogP contribution < -0.4 is 10.0 Å². The Morgan fingerprint density at radius 3 is 2.38 bits per heavy atom. The number of ketones is 1. The topological polar surface area (TPSA) is 92.3 Å². The van der Waals surface area contributed by atoms with Gasteiger partial charge in [0.25, 0.3) is 5.91 Å². The number of anilines is 1. The van der Waals surface area contributed by atoms with Crippen LogP contribution in [0.2, 0.25) is 5.02 Å². The lowest BCUT2D eigenvalue weighted by molar-refractivity contribution is 0.101. The number of benzene rings is 2. The average molecular weight is 367 g/mol. The second-order valence-electron chi connectivity index (χ2n) is 4.91. The number of para-hydroxylation sites is 1. The summed E-state index contributed by atoms with van der Waals surface area (Å²) in [6.07, 6.45) is 0. The highest BCUT2D eigenvalue weighted by molar-refractivity contribution is 7.89. The molecule has 0 fully saturated rings. The van der Waals surface area contributed by atoms with E-state index < -0.39 is 15.9 Å². The van der Waals surface area contributed by atoms with Gasteiger partial charge in [-0.05, 0) is 44.3 Å².